The molecule has 0 aromatic carbocycles. The van der Waals surface area contributed by atoms with Gasteiger partial charge in [0.1, 0.15) is 16.9 Å². The second kappa shape index (κ2) is 9.62. The lowest BCUT2D eigenvalue weighted by Crippen LogP contribution is -2.69. The summed E-state index contributed by atoms with van der Waals surface area (Å²) in [5.74, 6) is -4.12. The van der Waals surface area contributed by atoms with Gasteiger partial charge in [-0.05, 0) is 54.4 Å². The van der Waals surface area contributed by atoms with E-state index in [0.717, 1.165) is 18.4 Å². The Hall–Kier alpha value is -2.31. The van der Waals surface area contributed by atoms with Gasteiger partial charge in [0.15, 0.2) is 5.78 Å². The number of ketones is 3. The van der Waals surface area contributed by atoms with Crippen LogP contribution in [-0.2, 0) is 19.1 Å². The summed E-state index contributed by atoms with van der Waals surface area (Å²) in [4.78, 5) is 43.7. The lowest BCUT2D eigenvalue weighted by atomic mass is 9.61. The molecule has 0 bridgehead atoms. The highest BCUT2D eigenvalue weighted by atomic mass is 35.5. The van der Waals surface area contributed by atoms with Gasteiger partial charge in [0.05, 0.1) is 27.8 Å². The van der Waals surface area contributed by atoms with Gasteiger partial charge in [-0.3, -0.25) is 14.4 Å². The molecule has 1 heterocycles. The van der Waals surface area contributed by atoms with Crippen LogP contribution >= 0.6 is 23.2 Å². The zero-order valence-electron chi connectivity index (χ0n) is 20.7. The van der Waals surface area contributed by atoms with Gasteiger partial charge in [-0.2, -0.15) is 4.79 Å². The van der Waals surface area contributed by atoms with Crippen LogP contribution in [0.3, 0.4) is 0 Å². The molecule has 188 valence electrons. The number of Topliss-reactive ketones (excluding diaryl/α,β-unsaturated/α-hetero) is 3. The fraction of sp³-hybridized carbons (Fsp3) is 0.538. The average Bonchev–Trinajstić information content (AvgIpc) is 2.77. The number of alkyl halides is 2. The molecule has 0 spiro atoms. The number of carbonyl (C=O) groups is 3. The maximum Gasteiger partial charge on any atom is 0.374 e. The lowest BCUT2D eigenvalue weighted by Gasteiger charge is -2.54. The van der Waals surface area contributed by atoms with E-state index in [0.29, 0.717) is 0 Å². The average molecular weight is 521 g/mol. The Bertz CT molecular complexity index is 1180. The van der Waals surface area contributed by atoms with Gasteiger partial charge in [0.25, 0.3) is 5.78 Å². The third kappa shape index (κ3) is 4.40. The predicted octanol–water partition coefficient (Wildman–Crippen LogP) is 4.98. The van der Waals surface area contributed by atoms with Crippen molar-refractivity contribution < 1.29 is 29.0 Å². The van der Waals surface area contributed by atoms with Crippen LogP contribution in [-0.4, -0.2) is 54.9 Å². The van der Waals surface area contributed by atoms with Gasteiger partial charge in [-0.1, -0.05) is 23.3 Å². The number of aliphatic hydroxyl groups is 1. The van der Waals surface area contributed by atoms with Gasteiger partial charge in [0, 0.05) is 12.0 Å². The Morgan fingerprint density at radius 1 is 1.14 bits per heavy atom. The summed E-state index contributed by atoms with van der Waals surface area (Å²) in [7, 11) is 0. The summed E-state index contributed by atoms with van der Waals surface area (Å²) in [6, 6.07) is 0. The lowest BCUT2D eigenvalue weighted by molar-refractivity contribution is -0.200. The van der Waals surface area contributed by atoms with Crippen LogP contribution in [0.1, 0.15) is 60.8 Å². The fourth-order valence-corrected chi connectivity index (χ4v) is 5.78. The van der Waals surface area contributed by atoms with Gasteiger partial charge < -0.3 is 15.4 Å². The Morgan fingerprint density at radius 2 is 1.77 bits per heavy atom. The summed E-state index contributed by atoms with van der Waals surface area (Å²) in [6.07, 6.45) is 5.47. The van der Waals surface area contributed by atoms with Crippen molar-refractivity contribution in [3.63, 3.8) is 0 Å². The third-order valence-electron chi connectivity index (χ3n) is 6.93. The van der Waals surface area contributed by atoms with Crippen LogP contribution in [0.2, 0.25) is 0 Å². The van der Waals surface area contributed by atoms with Gasteiger partial charge in [-0.15, -0.1) is 23.2 Å². The highest BCUT2D eigenvalue weighted by molar-refractivity contribution is 6.58. The zero-order valence-corrected chi connectivity index (χ0v) is 22.3. The number of fused-ring (bicyclic) bond motifs is 1. The number of aliphatic hydroxyl groups excluding tert-OH is 1. The highest BCUT2D eigenvalue weighted by Crippen LogP contribution is 2.53. The van der Waals surface area contributed by atoms with Crippen molar-refractivity contribution in [2.75, 3.05) is 0 Å². The first-order chi connectivity index (χ1) is 16.2. The molecule has 35 heavy (non-hydrogen) atoms. The molecule has 0 aromatic rings. The van der Waals surface area contributed by atoms with E-state index in [1.165, 1.54) is 12.5 Å². The van der Waals surface area contributed by atoms with Crippen molar-refractivity contribution >= 4 is 46.3 Å². The molecule has 0 saturated carbocycles. The van der Waals surface area contributed by atoms with Gasteiger partial charge in [-0.25, -0.2) is 0 Å². The maximum atomic E-state index is 14.1. The Labute approximate surface area is 215 Å². The minimum Gasteiger partial charge on any atom is -0.507 e. The van der Waals surface area contributed by atoms with Gasteiger partial charge in [0.2, 0.25) is 5.78 Å². The molecule has 2 aliphatic carbocycles. The van der Waals surface area contributed by atoms with Crippen molar-refractivity contribution in [3.05, 3.63) is 51.3 Å². The Balaban J connectivity index is 2.22. The summed E-state index contributed by atoms with van der Waals surface area (Å²) < 4.78 is 6.34. The SMILES string of the molecule is CC(C)=CCC/C(C)=C/CC12OC(C)(C)C(Cl)C(Cl)C1C(=O)C1=C(C2=O)C(=[N+]=[N-])C(=O)C(C)=C1O. The molecule has 0 aromatic heterocycles. The number of hydrogen-bond donors (Lipinski definition) is 1. The zero-order chi connectivity index (χ0) is 26.5. The molecule has 9 heteroatoms. The summed E-state index contributed by atoms with van der Waals surface area (Å²) in [5.41, 5.74) is 7.23. The molecule has 1 N–H and O–H groups in total. The van der Waals surface area contributed by atoms with E-state index in [-0.39, 0.29) is 17.6 Å². The van der Waals surface area contributed by atoms with Crippen LogP contribution in [0.15, 0.2) is 45.8 Å². The van der Waals surface area contributed by atoms with Crippen molar-refractivity contribution in [2.45, 2.75) is 82.8 Å². The molecule has 0 radical (unpaired) electrons. The van der Waals surface area contributed by atoms with Crippen LogP contribution in [0.4, 0.5) is 0 Å². The van der Waals surface area contributed by atoms with Crippen molar-refractivity contribution in [3.8, 4) is 0 Å². The minimum atomic E-state index is -1.79. The van der Waals surface area contributed by atoms with Crippen molar-refractivity contribution in [2.24, 2.45) is 5.92 Å². The maximum absolute atomic E-state index is 14.1. The van der Waals surface area contributed by atoms with Crippen molar-refractivity contribution in [1.82, 2.24) is 0 Å². The van der Waals surface area contributed by atoms with E-state index in [1.807, 2.05) is 26.8 Å². The first-order valence-electron chi connectivity index (χ1n) is 11.5. The smallest absolute Gasteiger partial charge is 0.374 e. The van der Waals surface area contributed by atoms with Crippen LogP contribution < -0.4 is 0 Å². The number of carbonyl (C=O) groups excluding carboxylic acids is 3. The second-order valence-corrected chi connectivity index (χ2v) is 11.2. The summed E-state index contributed by atoms with van der Waals surface area (Å²) in [5, 5.41) is 8.86. The predicted molar refractivity (Wildman–Crippen MR) is 134 cm³/mol. The molecule has 4 unspecified atom stereocenters. The number of rotatable bonds is 5. The number of hydrogen-bond acceptors (Lipinski definition) is 5. The molecule has 1 saturated heterocycles. The normalized spacial score (nSPS) is 30.7. The largest absolute Gasteiger partial charge is 0.507 e. The molecule has 1 fully saturated rings. The molecule has 4 atom stereocenters. The quantitative estimate of drug-likeness (QED) is 0.180. The topological polar surface area (TPSA) is 117 Å². The minimum absolute atomic E-state index is 0.00765. The molecule has 3 aliphatic rings. The monoisotopic (exact) mass is 520 g/mol. The van der Waals surface area contributed by atoms with E-state index < -0.39 is 62.3 Å². The van der Waals surface area contributed by atoms with Crippen molar-refractivity contribution in [1.29, 1.82) is 0 Å². The molecular formula is C26H30Cl2N2O5. The number of halogens is 2. The first kappa shape index (κ1) is 27.3. The molecule has 1 aliphatic heterocycles. The van der Waals surface area contributed by atoms with E-state index in [1.54, 1.807) is 13.8 Å². The summed E-state index contributed by atoms with van der Waals surface area (Å²) >= 11 is 13.3. The van der Waals surface area contributed by atoms with E-state index >= 15 is 0 Å². The van der Waals surface area contributed by atoms with Crippen LogP contribution in [0.5, 0.6) is 0 Å². The Kier molecular flexibility index (Phi) is 7.50. The molecular weight excluding hydrogens is 491 g/mol. The van der Waals surface area contributed by atoms with E-state index in [2.05, 4.69) is 10.9 Å². The summed E-state index contributed by atoms with van der Waals surface area (Å²) in [6.45, 7) is 10.6. The molecule has 3 rings (SSSR count). The highest BCUT2D eigenvalue weighted by Gasteiger charge is 2.68. The van der Waals surface area contributed by atoms with Crippen LogP contribution in [0, 0.1) is 5.92 Å². The fourth-order valence-electron chi connectivity index (χ4n) is 4.97. The molecule has 0 amide bonds. The number of allylic oxidation sites excluding steroid dienone is 5. The molecule has 7 nitrogen and oxygen atoms in total. The van der Waals surface area contributed by atoms with E-state index in [4.69, 9.17) is 27.9 Å². The van der Waals surface area contributed by atoms with Crippen LogP contribution in [0.25, 0.3) is 5.53 Å². The van der Waals surface area contributed by atoms with E-state index in [9.17, 15) is 25.0 Å². The second-order valence-electron chi connectivity index (χ2n) is 10.2. The van der Waals surface area contributed by atoms with Gasteiger partial charge >= 0.3 is 5.71 Å². The first-order valence-corrected chi connectivity index (χ1v) is 12.4. The standard InChI is InChI=1S/C26H30Cl2N2O5/c1-12(2)8-7-9-13(3)10-11-26-17(18(27)23(28)25(5,6)35-26)22(33)16-15(24(26)34)19(30-29)21(32)14(4)20(16)31/h8,10,17-18,23,31H,7,9,11H2,1-6H3/b13-10+. The third-order valence-corrected chi connectivity index (χ3v) is 8.36. The number of ether oxygens (including phenoxy) is 1. The Morgan fingerprint density at radius 3 is 2.34 bits per heavy atom. The number of nitrogens with zero attached hydrogens (tertiary/aromatic N) is 2.